The number of aliphatic carboxylic acids is 1. The second-order valence-electron chi connectivity index (χ2n) is 13.4. The zero-order valence-corrected chi connectivity index (χ0v) is 29.2. The highest BCUT2D eigenvalue weighted by molar-refractivity contribution is 6.11. The molecule has 0 radical (unpaired) electrons. The molecule has 3 aliphatic rings. The van der Waals surface area contributed by atoms with E-state index in [9.17, 15) is 24.6 Å². The largest absolute Gasteiger partial charge is 0.497 e. The van der Waals surface area contributed by atoms with E-state index in [-0.39, 0.29) is 13.2 Å². The number of fused-ring (bicyclic) bond motifs is 3. The van der Waals surface area contributed by atoms with E-state index in [0.717, 1.165) is 16.7 Å². The smallest absolute Gasteiger partial charge is 0.325 e. The van der Waals surface area contributed by atoms with Crippen LogP contribution >= 0.6 is 0 Å². The molecule has 3 aliphatic heterocycles. The van der Waals surface area contributed by atoms with E-state index in [1.807, 2.05) is 95.9 Å². The number of ether oxygens (including phenoxy) is 3. The van der Waals surface area contributed by atoms with E-state index in [1.54, 1.807) is 43.5 Å². The Labute approximate surface area is 311 Å². The summed E-state index contributed by atoms with van der Waals surface area (Å²) in [5.74, 6) is 3.27. The van der Waals surface area contributed by atoms with E-state index in [2.05, 4.69) is 17.2 Å². The number of amides is 1. The normalized spacial score (nSPS) is 24.1. The molecule has 2 saturated heterocycles. The van der Waals surface area contributed by atoms with E-state index < -0.39 is 53.4 Å². The number of aliphatic hydroxyl groups excluding tert-OH is 1. The van der Waals surface area contributed by atoms with Gasteiger partial charge in [0.2, 0.25) is 5.91 Å². The Morgan fingerprint density at radius 2 is 1.46 bits per heavy atom. The highest BCUT2D eigenvalue weighted by Gasteiger charge is 2.74. The summed E-state index contributed by atoms with van der Waals surface area (Å²) >= 11 is 0. The fraction of sp³-hybridized carbons (Fsp3) is 0.205. The van der Waals surface area contributed by atoms with E-state index in [1.165, 1.54) is 0 Å². The second-order valence-corrected chi connectivity index (χ2v) is 13.4. The van der Waals surface area contributed by atoms with Crippen LogP contribution in [-0.4, -0.2) is 59.3 Å². The maximum absolute atomic E-state index is 14.9. The van der Waals surface area contributed by atoms with Gasteiger partial charge in [0.15, 0.2) is 0 Å². The number of morpholine rings is 1. The molecule has 1 amide bonds. The van der Waals surface area contributed by atoms with Gasteiger partial charge in [0, 0.05) is 16.8 Å². The summed E-state index contributed by atoms with van der Waals surface area (Å²) < 4.78 is 17.4. The fourth-order valence-electron chi connectivity index (χ4n) is 8.41. The van der Waals surface area contributed by atoms with Crippen molar-refractivity contribution in [3.05, 3.63) is 161 Å². The average Bonchev–Trinajstić information content (AvgIpc) is 3.69. The van der Waals surface area contributed by atoms with Crippen LogP contribution in [0.4, 0.5) is 5.69 Å². The number of rotatable bonds is 8. The minimum atomic E-state index is -1.84. The third-order valence-electron chi connectivity index (χ3n) is 10.5. The van der Waals surface area contributed by atoms with Gasteiger partial charge >= 0.3 is 11.9 Å². The van der Waals surface area contributed by atoms with Gasteiger partial charge in [-0.05, 0) is 76.9 Å². The number of nitrogens with zero attached hydrogens (tertiary/aromatic N) is 1. The summed E-state index contributed by atoms with van der Waals surface area (Å²) in [5, 5.41) is 23.8. The van der Waals surface area contributed by atoms with Crippen LogP contribution in [0.3, 0.4) is 0 Å². The van der Waals surface area contributed by atoms with Gasteiger partial charge in [0.1, 0.15) is 41.6 Å². The predicted octanol–water partition coefficient (Wildman–Crippen LogP) is 5.82. The standard InChI is InChI=1S/C44H36N2O8/c1-52-32-20-17-27(18-21-32)15-16-28-19-22-35-34(25-28)44(43(51)45-35)36(41(48)49)38-42(50)54-39(30-11-6-3-7-12-30)37(29-9-4-2-5-10-29)46(38)40(44)31-13-8-14-33(26-31)53-24-23-47/h2-14,17-22,25-26,36-40,47H,23-24H2,1H3,(H,45,51)(H,48,49)/t36-,37-,38-,39+,40+,44-/m0/s1. The van der Waals surface area contributed by atoms with Gasteiger partial charge in [-0.2, -0.15) is 0 Å². The van der Waals surface area contributed by atoms with Crippen LogP contribution in [0.5, 0.6) is 11.5 Å². The Kier molecular flexibility index (Phi) is 9.11. The van der Waals surface area contributed by atoms with Crippen molar-refractivity contribution in [2.45, 2.75) is 29.6 Å². The number of carboxylic acids is 1. The van der Waals surface area contributed by atoms with Gasteiger partial charge in [-0.25, -0.2) is 0 Å². The molecule has 5 aromatic carbocycles. The molecule has 3 N–H and O–H groups in total. The average molecular weight is 721 g/mol. The number of carbonyl (C=O) groups is 3. The minimum absolute atomic E-state index is 0.0257. The van der Waals surface area contributed by atoms with Gasteiger partial charge in [-0.1, -0.05) is 84.6 Å². The van der Waals surface area contributed by atoms with Crippen molar-refractivity contribution in [1.82, 2.24) is 4.90 Å². The van der Waals surface area contributed by atoms with Crippen molar-refractivity contribution in [3.63, 3.8) is 0 Å². The first-order valence-electron chi connectivity index (χ1n) is 17.6. The van der Waals surface area contributed by atoms with Crippen LogP contribution in [0.2, 0.25) is 0 Å². The Hall–Kier alpha value is -6.41. The number of carbonyl (C=O) groups excluding carboxylic acids is 2. The molecule has 10 nitrogen and oxygen atoms in total. The van der Waals surface area contributed by atoms with Crippen molar-refractivity contribution in [1.29, 1.82) is 0 Å². The second kappa shape index (κ2) is 14.2. The van der Waals surface area contributed by atoms with Crippen molar-refractivity contribution in [2.75, 3.05) is 25.6 Å². The first kappa shape index (κ1) is 34.7. The van der Waals surface area contributed by atoms with Gasteiger partial charge in [-0.15, -0.1) is 0 Å². The molecule has 0 unspecified atom stereocenters. The highest BCUT2D eigenvalue weighted by atomic mass is 16.6. The molecule has 0 saturated carbocycles. The number of hydrogen-bond acceptors (Lipinski definition) is 8. The molecule has 3 heterocycles. The zero-order chi connectivity index (χ0) is 37.4. The summed E-state index contributed by atoms with van der Waals surface area (Å²) in [6.07, 6.45) is -0.844. The summed E-state index contributed by atoms with van der Waals surface area (Å²) in [6, 6.07) is 35.3. The van der Waals surface area contributed by atoms with E-state index in [4.69, 9.17) is 14.2 Å². The maximum Gasteiger partial charge on any atom is 0.325 e. The number of anilines is 1. The molecule has 8 rings (SSSR count). The summed E-state index contributed by atoms with van der Waals surface area (Å²) in [6.45, 7) is -0.193. The number of benzene rings is 5. The third kappa shape index (κ3) is 5.75. The minimum Gasteiger partial charge on any atom is -0.497 e. The first-order chi connectivity index (χ1) is 26.3. The van der Waals surface area contributed by atoms with Crippen LogP contribution in [0.25, 0.3) is 0 Å². The van der Waals surface area contributed by atoms with Crippen LogP contribution in [0.1, 0.15) is 51.6 Å². The van der Waals surface area contributed by atoms with Crippen LogP contribution in [-0.2, 0) is 24.5 Å². The number of aliphatic hydroxyl groups is 1. The Bertz CT molecular complexity index is 2280. The molecule has 0 aliphatic carbocycles. The molecule has 5 aromatic rings. The van der Waals surface area contributed by atoms with Gasteiger partial charge < -0.3 is 29.7 Å². The first-order valence-corrected chi connectivity index (χ1v) is 17.6. The van der Waals surface area contributed by atoms with Gasteiger partial charge in [-0.3, -0.25) is 19.3 Å². The van der Waals surface area contributed by atoms with Gasteiger partial charge in [0.25, 0.3) is 0 Å². The lowest BCUT2D eigenvalue weighted by Crippen LogP contribution is -2.52. The Balaban J connectivity index is 1.38. The lowest BCUT2D eigenvalue weighted by molar-refractivity contribution is -0.179. The molecule has 54 heavy (non-hydrogen) atoms. The monoisotopic (exact) mass is 720 g/mol. The molecule has 0 bridgehead atoms. The molecule has 6 atom stereocenters. The lowest BCUT2D eigenvalue weighted by Gasteiger charge is -2.46. The quantitative estimate of drug-likeness (QED) is 0.134. The summed E-state index contributed by atoms with van der Waals surface area (Å²) in [5.41, 5.74) is 2.35. The molecular formula is C44H36N2O8. The maximum atomic E-state index is 14.9. The van der Waals surface area contributed by atoms with Crippen LogP contribution in [0.15, 0.2) is 127 Å². The zero-order valence-electron chi connectivity index (χ0n) is 29.2. The lowest BCUT2D eigenvalue weighted by atomic mass is 9.65. The van der Waals surface area contributed by atoms with E-state index >= 15 is 0 Å². The molecule has 0 aromatic heterocycles. The summed E-state index contributed by atoms with van der Waals surface area (Å²) in [4.78, 5) is 45.2. The molecule has 270 valence electrons. The number of cyclic esters (lactones) is 1. The molecule has 1 spiro atoms. The Morgan fingerprint density at radius 1 is 0.796 bits per heavy atom. The van der Waals surface area contributed by atoms with Crippen molar-refractivity contribution in [3.8, 4) is 23.3 Å². The van der Waals surface area contributed by atoms with Crippen molar-refractivity contribution >= 4 is 23.5 Å². The number of carboxylic acid groups (broad SMARTS) is 1. The highest BCUT2D eigenvalue weighted by Crippen LogP contribution is 2.64. The van der Waals surface area contributed by atoms with Gasteiger partial charge in [0.05, 0.1) is 25.8 Å². The number of hydrogen-bond donors (Lipinski definition) is 3. The molecular weight excluding hydrogens is 684 g/mol. The van der Waals surface area contributed by atoms with Crippen LogP contribution in [0, 0.1) is 17.8 Å². The fourth-order valence-corrected chi connectivity index (χ4v) is 8.41. The topological polar surface area (TPSA) is 135 Å². The predicted molar refractivity (Wildman–Crippen MR) is 199 cm³/mol. The number of esters is 1. The van der Waals surface area contributed by atoms with E-state index in [0.29, 0.717) is 33.9 Å². The molecule has 10 heteroatoms. The Morgan fingerprint density at radius 3 is 2.15 bits per heavy atom. The van der Waals surface area contributed by atoms with Crippen LogP contribution < -0.4 is 14.8 Å². The van der Waals surface area contributed by atoms with Crippen molar-refractivity contribution < 1.29 is 38.8 Å². The molecule has 2 fully saturated rings. The van der Waals surface area contributed by atoms with Crippen molar-refractivity contribution in [2.24, 2.45) is 5.92 Å². The number of nitrogens with one attached hydrogen (secondary N) is 1. The summed E-state index contributed by atoms with van der Waals surface area (Å²) in [7, 11) is 1.59. The number of methoxy groups -OCH3 is 1. The SMILES string of the molecule is COc1ccc(C#Cc2ccc3c(c2)[C@]2(C(=O)N3)[C@H](C(=O)O)[C@H]3C(=O)O[C@H](c4ccccc4)[C@H](c4ccccc4)N3[C@@H]2c2cccc(OCCO)c2)cc1. The third-order valence-corrected chi connectivity index (χ3v) is 10.5.